The van der Waals surface area contributed by atoms with Gasteiger partial charge < -0.3 is 10.2 Å². The molecule has 0 aromatic carbocycles. The van der Waals surface area contributed by atoms with Gasteiger partial charge in [0.2, 0.25) is 0 Å². The smallest absolute Gasteiger partial charge is 0.274 e. The molecule has 1 aliphatic heterocycles. The van der Waals surface area contributed by atoms with Crippen molar-refractivity contribution in [3.05, 3.63) is 35.0 Å². The molecule has 1 N–H and O–H groups in total. The van der Waals surface area contributed by atoms with E-state index >= 15 is 0 Å². The van der Waals surface area contributed by atoms with Gasteiger partial charge in [0.25, 0.3) is 5.91 Å². The summed E-state index contributed by atoms with van der Waals surface area (Å²) in [6, 6.07) is 2.08. The van der Waals surface area contributed by atoms with Gasteiger partial charge in [0.05, 0.1) is 0 Å². The molecule has 0 radical (unpaired) electrons. The molecule has 7 heteroatoms. The Labute approximate surface area is 141 Å². The highest BCUT2D eigenvalue weighted by molar-refractivity contribution is 5.92. The maximum absolute atomic E-state index is 12.6. The van der Waals surface area contributed by atoms with Gasteiger partial charge in [0, 0.05) is 43.1 Å². The van der Waals surface area contributed by atoms with Gasteiger partial charge in [-0.3, -0.25) is 9.48 Å². The third kappa shape index (κ3) is 2.64. The first-order chi connectivity index (χ1) is 11.6. The fraction of sp³-hybridized carbons (Fsp3) is 0.529. The van der Waals surface area contributed by atoms with Crippen molar-refractivity contribution in [1.29, 1.82) is 0 Å². The second-order valence-electron chi connectivity index (χ2n) is 6.68. The summed E-state index contributed by atoms with van der Waals surface area (Å²) >= 11 is 0. The van der Waals surface area contributed by atoms with Crippen LogP contribution in [0.4, 0.5) is 5.82 Å². The van der Waals surface area contributed by atoms with Crippen LogP contribution in [-0.2, 0) is 19.9 Å². The number of nitrogens with zero attached hydrogens (tertiary/aromatic N) is 5. The van der Waals surface area contributed by atoms with Crippen molar-refractivity contribution in [2.45, 2.75) is 38.6 Å². The zero-order chi connectivity index (χ0) is 16.7. The number of carbonyl (C=O) groups is 1. The fourth-order valence-electron chi connectivity index (χ4n) is 3.57. The van der Waals surface area contributed by atoms with Gasteiger partial charge in [-0.2, -0.15) is 5.10 Å². The number of anilines is 1. The largest absolute Gasteiger partial charge is 0.365 e. The Hall–Kier alpha value is -2.44. The summed E-state index contributed by atoms with van der Waals surface area (Å²) in [6.45, 7) is 3.39. The van der Waals surface area contributed by atoms with Crippen LogP contribution in [0.3, 0.4) is 0 Å². The molecule has 1 amide bonds. The first-order valence-corrected chi connectivity index (χ1v) is 8.51. The topological polar surface area (TPSA) is 75.9 Å². The molecule has 1 atom stereocenters. The molecular weight excluding hydrogens is 304 g/mol. The molecule has 2 aromatic rings. The maximum atomic E-state index is 12.6. The van der Waals surface area contributed by atoms with Gasteiger partial charge in [-0.05, 0) is 38.7 Å². The lowest BCUT2D eigenvalue weighted by atomic mass is 10.2. The van der Waals surface area contributed by atoms with Crippen LogP contribution in [0.2, 0.25) is 0 Å². The van der Waals surface area contributed by atoms with Crippen molar-refractivity contribution in [3.8, 4) is 0 Å². The lowest BCUT2D eigenvalue weighted by Gasteiger charge is -2.17. The van der Waals surface area contributed by atoms with Gasteiger partial charge >= 0.3 is 0 Å². The molecule has 0 bridgehead atoms. The standard InChI is InChI=1S/C17H22N6O/c1-11-8-15(21-22(11)2)17(24)23-7-6-12(9-23)20-16-13-4-3-5-14(13)18-10-19-16/h8,10,12H,3-7,9H2,1-2H3,(H,18,19,20)/t12-/m0/s1. The van der Waals surface area contributed by atoms with Crippen molar-refractivity contribution >= 4 is 11.7 Å². The van der Waals surface area contributed by atoms with Crippen molar-refractivity contribution < 1.29 is 4.79 Å². The second kappa shape index (κ2) is 5.89. The normalized spacial score (nSPS) is 19.6. The summed E-state index contributed by atoms with van der Waals surface area (Å²) in [4.78, 5) is 23.2. The summed E-state index contributed by atoms with van der Waals surface area (Å²) in [6.07, 6.45) is 5.80. The average molecular weight is 326 g/mol. The van der Waals surface area contributed by atoms with Crippen LogP contribution in [-0.4, -0.2) is 49.7 Å². The number of hydrogen-bond acceptors (Lipinski definition) is 5. The van der Waals surface area contributed by atoms with Crippen LogP contribution >= 0.6 is 0 Å². The Morgan fingerprint density at radius 1 is 1.33 bits per heavy atom. The molecule has 24 heavy (non-hydrogen) atoms. The predicted molar refractivity (Wildman–Crippen MR) is 89.9 cm³/mol. The quantitative estimate of drug-likeness (QED) is 0.921. The number of likely N-dealkylation sites (tertiary alicyclic amines) is 1. The van der Waals surface area contributed by atoms with E-state index in [1.807, 2.05) is 24.9 Å². The van der Waals surface area contributed by atoms with Gasteiger partial charge in [0.1, 0.15) is 12.1 Å². The lowest BCUT2D eigenvalue weighted by Crippen LogP contribution is -2.32. The van der Waals surface area contributed by atoms with Gasteiger partial charge in [-0.1, -0.05) is 0 Å². The highest BCUT2D eigenvalue weighted by Crippen LogP contribution is 2.26. The maximum Gasteiger partial charge on any atom is 0.274 e. The highest BCUT2D eigenvalue weighted by Gasteiger charge is 2.29. The minimum atomic E-state index is 0.0101. The fourth-order valence-corrected chi connectivity index (χ4v) is 3.57. The summed E-state index contributed by atoms with van der Waals surface area (Å²) in [7, 11) is 1.86. The van der Waals surface area contributed by atoms with E-state index in [0.717, 1.165) is 43.7 Å². The number of rotatable bonds is 3. The minimum Gasteiger partial charge on any atom is -0.365 e. The van der Waals surface area contributed by atoms with Gasteiger partial charge in [-0.25, -0.2) is 9.97 Å². The van der Waals surface area contributed by atoms with E-state index in [4.69, 9.17) is 0 Å². The Balaban J connectivity index is 1.43. The van der Waals surface area contributed by atoms with Crippen molar-refractivity contribution in [1.82, 2.24) is 24.6 Å². The highest BCUT2D eigenvalue weighted by atomic mass is 16.2. The molecule has 2 aromatic heterocycles. The van der Waals surface area contributed by atoms with Crippen LogP contribution < -0.4 is 5.32 Å². The van der Waals surface area contributed by atoms with E-state index in [1.54, 1.807) is 11.0 Å². The zero-order valence-corrected chi connectivity index (χ0v) is 14.1. The number of aromatic nitrogens is 4. The molecule has 0 spiro atoms. The lowest BCUT2D eigenvalue weighted by molar-refractivity contribution is 0.0785. The summed E-state index contributed by atoms with van der Waals surface area (Å²) < 4.78 is 1.74. The Kier molecular flexibility index (Phi) is 3.70. The molecule has 0 saturated carbocycles. The first-order valence-electron chi connectivity index (χ1n) is 8.51. The van der Waals surface area contributed by atoms with E-state index in [0.29, 0.717) is 12.2 Å². The molecule has 0 unspecified atom stereocenters. The van der Waals surface area contributed by atoms with E-state index < -0.39 is 0 Å². The van der Waals surface area contributed by atoms with Crippen molar-refractivity contribution in [2.24, 2.45) is 7.05 Å². The summed E-state index contributed by atoms with van der Waals surface area (Å²) in [5.74, 6) is 0.960. The Bertz CT molecular complexity index is 764. The number of fused-ring (bicyclic) bond motifs is 1. The Morgan fingerprint density at radius 2 is 2.21 bits per heavy atom. The third-order valence-electron chi connectivity index (χ3n) is 5.02. The second-order valence-corrected chi connectivity index (χ2v) is 6.68. The van der Waals surface area contributed by atoms with E-state index in [1.165, 1.54) is 11.3 Å². The van der Waals surface area contributed by atoms with E-state index in [2.05, 4.69) is 20.4 Å². The third-order valence-corrected chi connectivity index (χ3v) is 5.02. The molecule has 126 valence electrons. The predicted octanol–water partition coefficient (Wildman–Crippen LogP) is 1.33. The van der Waals surface area contributed by atoms with Crippen molar-refractivity contribution in [3.63, 3.8) is 0 Å². The van der Waals surface area contributed by atoms with Crippen LogP contribution in [0, 0.1) is 6.92 Å². The molecule has 2 aliphatic rings. The van der Waals surface area contributed by atoms with Gasteiger partial charge in [-0.15, -0.1) is 0 Å². The summed E-state index contributed by atoms with van der Waals surface area (Å²) in [5.41, 5.74) is 3.94. The number of amides is 1. The SMILES string of the molecule is Cc1cc(C(=O)N2CC[C@H](Nc3ncnc4c3CCC4)C2)nn1C. The monoisotopic (exact) mass is 326 g/mol. The molecule has 1 aliphatic carbocycles. The van der Waals surface area contributed by atoms with E-state index in [-0.39, 0.29) is 11.9 Å². The number of carbonyl (C=O) groups excluding carboxylic acids is 1. The zero-order valence-electron chi connectivity index (χ0n) is 14.1. The van der Waals surface area contributed by atoms with Crippen LogP contribution in [0.25, 0.3) is 0 Å². The van der Waals surface area contributed by atoms with Crippen LogP contribution in [0.15, 0.2) is 12.4 Å². The van der Waals surface area contributed by atoms with E-state index in [9.17, 15) is 4.79 Å². The molecule has 1 saturated heterocycles. The number of hydrogen-bond donors (Lipinski definition) is 1. The van der Waals surface area contributed by atoms with Crippen LogP contribution in [0.5, 0.6) is 0 Å². The molecule has 4 rings (SSSR count). The molecular formula is C17H22N6O. The molecule has 3 heterocycles. The average Bonchev–Trinajstić information content (AvgIpc) is 3.28. The number of aryl methyl sites for hydroxylation is 3. The Morgan fingerprint density at radius 3 is 3.00 bits per heavy atom. The van der Waals surface area contributed by atoms with Crippen molar-refractivity contribution in [2.75, 3.05) is 18.4 Å². The van der Waals surface area contributed by atoms with Gasteiger partial charge in [0.15, 0.2) is 5.69 Å². The summed E-state index contributed by atoms with van der Waals surface area (Å²) in [5, 5.41) is 7.82. The minimum absolute atomic E-state index is 0.0101. The number of nitrogens with one attached hydrogen (secondary N) is 1. The molecule has 7 nitrogen and oxygen atoms in total. The van der Waals surface area contributed by atoms with Crippen LogP contribution in [0.1, 0.15) is 40.3 Å². The molecule has 1 fully saturated rings. The first kappa shape index (κ1) is 15.1.